The zero-order chi connectivity index (χ0) is 10.7. The third-order valence-corrected chi connectivity index (χ3v) is 2.64. The first kappa shape index (κ1) is 13.0. The number of carbonyl (C=O) groups excluding carboxylic acids is 1. The van der Waals surface area contributed by atoms with Gasteiger partial charge < -0.3 is 10.6 Å². The molecule has 5 nitrogen and oxygen atoms in total. The molecule has 0 saturated carbocycles. The Labute approximate surface area is 101 Å². The molecule has 0 unspecified atom stereocenters. The van der Waals surface area contributed by atoms with Crippen LogP contribution in [0, 0.1) is 5.92 Å². The summed E-state index contributed by atoms with van der Waals surface area (Å²) in [5.41, 5.74) is 0.771. The van der Waals surface area contributed by atoms with Crippen molar-refractivity contribution in [3.63, 3.8) is 0 Å². The number of aromatic nitrogens is 2. The third kappa shape index (κ3) is 3.21. The van der Waals surface area contributed by atoms with Crippen molar-refractivity contribution in [3.8, 4) is 0 Å². The van der Waals surface area contributed by atoms with Gasteiger partial charge in [0.2, 0.25) is 5.91 Å². The van der Waals surface area contributed by atoms with Crippen LogP contribution in [0.1, 0.15) is 12.8 Å². The van der Waals surface area contributed by atoms with E-state index in [4.69, 9.17) is 0 Å². The van der Waals surface area contributed by atoms with E-state index >= 15 is 0 Å². The number of nitrogens with one attached hydrogen (secondary N) is 2. The van der Waals surface area contributed by atoms with Crippen LogP contribution in [0.2, 0.25) is 0 Å². The maximum absolute atomic E-state index is 11.8. The van der Waals surface area contributed by atoms with Gasteiger partial charge in [0.15, 0.2) is 0 Å². The Balaban J connectivity index is 0.00000128. The molecule has 1 aromatic rings. The molecule has 1 fully saturated rings. The van der Waals surface area contributed by atoms with Gasteiger partial charge in [-0.2, -0.15) is 5.10 Å². The molecule has 2 heterocycles. The Bertz CT molecular complexity index is 346. The molecule has 1 atom stereocenters. The van der Waals surface area contributed by atoms with Crippen molar-refractivity contribution in [2.24, 2.45) is 13.0 Å². The second-order valence-electron chi connectivity index (χ2n) is 3.94. The number of aryl methyl sites for hydroxylation is 1. The fourth-order valence-corrected chi connectivity index (χ4v) is 1.81. The van der Waals surface area contributed by atoms with E-state index in [-0.39, 0.29) is 24.2 Å². The number of nitrogens with zero attached hydrogens (tertiary/aromatic N) is 2. The van der Waals surface area contributed by atoms with Crippen molar-refractivity contribution < 1.29 is 4.79 Å². The van der Waals surface area contributed by atoms with Gasteiger partial charge in [-0.15, -0.1) is 12.4 Å². The zero-order valence-electron chi connectivity index (χ0n) is 9.27. The minimum absolute atomic E-state index is 0. The average Bonchev–Trinajstić information content (AvgIpc) is 2.65. The normalized spacial score (nSPS) is 19.9. The smallest absolute Gasteiger partial charge is 0.228 e. The van der Waals surface area contributed by atoms with Gasteiger partial charge in [0.25, 0.3) is 0 Å². The number of amides is 1. The van der Waals surface area contributed by atoms with Crippen LogP contribution in [0.15, 0.2) is 12.4 Å². The van der Waals surface area contributed by atoms with Gasteiger partial charge in [0.05, 0.1) is 17.8 Å². The molecule has 0 aliphatic carbocycles. The van der Waals surface area contributed by atoms with Gasteiger partial charge in [-0.25, -0.2) is 0 Å². The van der Waals surface area contributed by atoms with E-state index in [1.165, 1.54) is 0 Å². The summed E-state index contributed by atoms with van der Waals surface area (Å²) in [5, 5.41) is 10.1. The van der Waals surface area contributed by atoms with Crippen molar-refractivity contribution in [1.82, 2.24) is 15.1 Å². The standard InChI is InChI=1S/C10H16N4O.ClH/c1-14-7-9(6-12-14)13-10(15)8-3-2-4-11-5-8;/h6-8,11H,2-5H2,1H3,(H,13,15);1H/t8-;/m1./s1. The lowest BCUT2D eigenvalue weighted by Crippen LogP contribution is -2.37. The lowest BCUT2D eigenvalue weighted by atomic mass is 9.99. The fourth-order valence-electron chi connectivity index (χ4n) is 1.81. The molecule has 2 N–H and O–H groups in total. The molecule has 0 aromatic carbocycles. The Morgan fingerprint density at radius 1 is 1.69 bits per heavy atom. The molecule has 1 aliphatic rings. The summed E-state index contributed by atoms with van der Waals surface area (Å²) in [4.78, 5) is 11.8. The Morgan fingerprint density at radius 2 is 2.50 bits per heavy atom. The molecule has 0 radical (unpaired) electrons. The molecular formula is C10H17ClN4O. The van der Waals surface area contributed by atoms with Crippen molar-refractivity contribution in [2.45, 2.75) is 12.8 Å². The molecule has 90 valence electrons. The molecule has 0 bridgehead atoms. The van der Waals surface area contributed by atoms with Gasteiger partial charge in [-0.1, -0.05) is 0 Å². The second-order valence-corrected chi connectivity index (χ2v) is 3.94. The van der Waals surface area contributed by atoms with Crippen LogP contribution in [0.3, 0.4) is 0 Å². The van der Waals surface area contributed by atoms with Gasteiger partial charge in [-0.05, 0) is 19.4 Å². The summed E-state index contributed by atoms with van der Waals surface area (Å²) in [5.74, 6) is 0.189. The van der Waals surface area contributed by atoms with Gasteiger partial charge >= 0.3 is 0 Å². The Morgan fingerprint density at radius 3 is 3.06 bits per heavy atom. The van der Waals surface area contributed by atoms with E-state index in [0.29, 0.717) is 0 Å². The average molecular weight is 245 g/mol. The van der Waals surface area contributed by atoms with Gasteiger partial charge in [-0.3, -0.25) is 9.48 Å². The van der Waals surface area contributed by atoms with Crippen LogP contribution in [0.4, 0.5) is 5.69 Å². The van der Waals surface area contributed by atoms with Crippen molar-refractivity contribution in [1.29, 1.82) is 0 Å². The molecule has 0 spiro atoms. The van der Waals surface area contributed by atoms with E-state index < -0.39 is 0 Å². The van der Waals surface area contributed by atoms with Crippen LogP contribution in [-0.4, -0.2) is 28.8 Å². The predicted molar refractivity (Wildman–Crippen MR) is 64.7 cm³/mol. The molecule has 1 aromatic heterocycles. The van der Waals surface area contributed by atoms with Gasteiger partial charge in [0, 0.05) is 19.8 Å². The largest absolute Gasteiger partial charge is 0.323 e. The van der Waals surface area contributed by atoms with Crippen molar-refractivity contribution in [3.05, 3.63) is 12.4 Å². The van der Waals surface area contributed by atoms with Crippen molar-refractivity contribution >= 4 is 24.0 Å². The molecular weight excluding hydrogens is 228 g/mol. The minimum Gasteiger partial charge on any atom is -0.323 e. The SMILES string of the molecule is Cl.Cn1cc(NC(=O)[C@@H]2CCCNC2)cn1. The highest BCUT2D eigenvalue weighted by molar-refractivity contribution is 5.92. The second kappa shape index (κ2) is 5.86. The summed E-state index contributed by atoms with van der Waals surface area (Å²) in [6, 6.07) is 0. The number of anilines is 1. The number of halogens is 1. The fraction of sp³-hybridized carbons (Fsp3) is 0.600. The third-order valence-electron chi connectivity index (χ3n) is 2.64. The summed E-state index contributed by atoms with van der Waals surface area (Å²) in [6.07, 6.45) is 5.51. The van der Waals surface area contributed by atoms with Crippen LogP contribution in [-0.2, 0) is 11.8 Å². The van der Waals surface area contributed by atoms with Crippen LogP contribution >= 0.6 is 12.4 Å². The molecule has 6 heteroatoms. The molecule has 1 saturated heterocycles. The summed E-state index contributed by atoms with van der Waals surface area (Å²) in [7, 11) is 1.83. The highest BCUT2D eigenvalue weighted by Gasteiger charge is 2.20. The quantitative estimate of drug-likeness (QED) is 0.809. The number of rotatable bonds is 2. The lowest BCUT2D eigenvalue weighted by Gasteiger charge is -2.21. The molecule has 16 heavy (non-hydrogen) atoms. The van der Waals surface area contributed by atoms with E-state index in [1.54, 1.807) is 17.1 Å². The summed E-state index contributed by atoms with van der Waals surface area (Å²) >= 11 is 0. The predicted octanol–water partition coefficient (Wildman–Crippen LogP) is 0.780. The Hall–Kier alpha value is -1.07. The number of piperidine rings is 1. The Kier molecular flexibility index (Phi) is 4.76. The number of hydrogen-bond acceptors (Lipinski definition) is 3. The maximum atomic E-state index is 11.8. The van der Waals surface area contributed by atoms with Crippen LogP contribution in [0.25, 0.3) is 0 Å². The molecule has 2 rings (SSSR count). The minimum atomic E-state index is 0. The van der Waals surface area contributed by atoms with E-state index in [1.807, 2.05) is 7.05 Å². The first-order chi connectivity index (χ1) is 7.25. The summed E-state index contributed by atoms with van der Waals surface area (Å²) in [6.45, 7) is 1.81. The monoisotopic (exact) mass is 244 g/mol. The van der Waals surface area contributed by atoms with Gasteiger partial charge in [0.1, 0.15) is 0 Å². The highest BCUT2D eigenvalue weighted by atomic mass is 35.5. The maximum Gasteiger partial charge on any atom is 0.228 e. The number of carbonyl (C=O) groups is 1. The zero-order valence-corrected chi connectivity index (χ0v) is 10.1. The topological polar surface area (TPSA) is 59.0 Å². The van der Waals surface area contributed by atoms with Crippen molar-refractivity contribution in [2.75, 3.05) is 18.4 Å². The van der Waals surface area contributed by atoms with E-state index in [9.17, 15) is 4.79 Å². The first-order valence-electron chi connectivity index (χ1n) is 5.26. The van der Waals surface area contributed by atoms with Crippen LogP contribution < -0.4 is 10.6 Å². The molecule has 1 aliphatic heterocycles. The lowest BCUT2D eigenvalue weighted by molar-refractivity contribution is -0.120. The highest BCUT2D eigenvalue weighted by Crippen LogP contribution is 2.13. The van der Waals surface area contributed by atoms with Crippen LogP contribution in [0.5, 0.6) is 0 Å². The first-order valence-corrected chi connectivity index (χ1v) is 5.26. The van der Waals surface area contributed by atoms with E-state index in [2.05, 4.69) is 15.7 Å². The summed E-state index contributed by atoms with van der Waals surface area (Å²) < 4.78 is 1.68. The number of hydrogen-bond donors (Lipinski definition) is 2. The van der Waals surface area contributed by atoms with E-state index in [0.717, 1.165) is 31.6 Å². The molecule has 1 amide bonds.